The number of rotatable bonds is 5. The van der Waals surface area contributed by atoms with Crippen molar-refractivity contribution in [3.63, 3.8) is 0 Å². The van der Waals surface area contributed by atoms with E-state index in [9.17, 15) is 9.18 Å². The molecule has 126 valence electrons. The molecule has 2 saturated heterocycles. The Balaban J connectivity index is 1.70. The van der Waals surface area contributed by atoms with Crippen molar-refractivity contribution in [2.75, 3.05) is 33.0 Å². The van der Waals surface area contributed by atoms with Gasteiger partial charge in [0.1, 0.15) is 5.82 Å². The number of carbonyl (C=O) groups is 1. The van der Waals surface area contributed by atoms with Gasteiger partial charge in [-0.1, -0.05) is 12.1 Å². The van der Waals surface area contributed by atoms with E-state index in [1.807, 2.05) is 6.07 Å². The van der Waals surface area contributed by atoms with Crippen LogP contribution in [0.4, 0.5) is 4.39 Å². The zero-order valence-corrected chi connectivity index (χ0v) is 13.1. The van der Waals surface area contributed by atoms with Gasteiger partial charge in [-0.15, -0.1) is 0 Å². The number of ether oxygens (including phenoxy) is 3. The van der Waals surface area contributed by atoms with Gasteiger partial charge in [0.2, 0.25) is 0 Å². The summed E-state index contributed by atoms with van der Waals surface area (Å²) >= 11 is 0. The number of benzene rings is 1. The normalized spacial score (nSPS) is 24.6. The van der Waals surface area contributed by atoms with E-state index in [1.165, 1.54) is 12.1 Å². The molecule has 2 unspecified atom stereocenters. The van der Waals surface area contributed by atoms with Gasteiger partial charge in [-0.2, -0.15) is 0 Å². The molecule has 2 atom stereocenters. The van der Waals surface area contributed by atoms with Gasteiger partial charge in [0.05, 0.1) is 25.9 Å². The molecule has 2 aliphatic heterocycles. The number of hydrogen-bond donors (Lipinski definition) is 0. The molecule has 0 aromatic heterocycles. The van der Waals surface area contributed by atoms with Crippen molar-refractivity contribution in [2.24, 2.45) is 0 Å². The van der Waals surface area contributed by atoms with Crippen LogP contribution in [0.15, 0.2) is 24.3 Å². The van der Waals surface area contributed by atoms with Gasteiger partial charge in [0.15, 0.2) is 6.10 Å². The third-order valence-corrected chi connectivity index (χ3v) is 4.11. The Morgan fingerprint density at radius 2 is 2.17 bits per heavy atom. The zero-order chi connectivity index (χ0) is 16.1. The van der Waals surface area contributed by atoms with Gasteiger partial charge in [-0.05, 0) is 30.5 Å². The van der Waals surface area contributed by atoms with Gasteiger partial charge in [0.25, 0.3) is 5.91 Å². The molecular formula is C17H22FNO4. The lowest BCUT2D eigenvalue weighted by Gasteiger charge is -2.31. The summed E-state index contributed by atoms with van der Waals surface area (Å²) in [5.41, 5.74) is 0.757. The molecule has 3 rings (SSSR count). The van der Waals surface area contributed by atoms with Gasteiger partial charge in [0, 0.05) is 19.7 Å². The van der Waals surface area contributed by atoms with Crippen molar-refractivity contribution in [2.45, 2.75) is 31.6 Å². The quantitative estimate of drug-likeness (QED) is 0.828. The standard InChI is InChI=1S/C17H22FNO4/c18-14-4-1-3-13(9-14)10-19(11-15-5-2-6-22-15)17(20)16-12-21-7-8-23-16/h1,3-4,9,15-16H,2,5-8,10-12H2. The van der Waals surface area contributed by atoms with Crippen LogP contribution in [0.2, 0.25) is 0 Å². The van der Waals surface area contributed by atoms with Crippen LogP contribution in [0.1, 0.15) is 18.4 Å². The van der Waals surface area contributed by atoms with Crippen LogP contribution >= 0.6 is 0 Å². The van der Waals surface area contributed by atoms with E-state index in [4.69, 9.17) is 14.2 Å². The Morgan fingerprint density at radius 3 is 2.87 bits per heavy atom. The maximum atomic E-state index is 13.4. The predicted molar refractivity (Wildman–Crippen MR) is 81.4 cm³/mol. The molecule has 23 heavy (non-hydrogen) atoms. The molecule has 2 fully saturated rings. The minimum Gasteiger partial charge on any atom is -0.376 e. The highest BCUT2D eigenvalue weighted by Gasteiger charge is 2.30. The fraction of sp³-hybridized carbons (Fsp3) is 0.588. The highest BCUT2D eigenvalue weighted by Crippen LogP contribution is 2.17. The summed E-state index contributed by atoms with van der Waals surface area (Å²) in [6.45, 7) is 2.77. The van der Waals surface area contributed by atoms with Crippen molar-refractivity contribution < 1.29 is 23.4 Å². The molecule has 0 aliphatic carbocycles. The summed E-state index contributed by atoms with van der Waals surface area (Å²) in [7, 11) is 0. The van der Waals surface area contributed by atoms with Crippen molar-refractivity contribution in [1.82, 2.24) is 4.90 Å². The second kappa shape index (κ2) is 7.86. The summed E-state index contributed by atoms with van der Waals surface area (Å²) in [6, 6.07) is 6.32. The molecule has 0 saturated carbocycles. The molecule has 1 amide bonds. The fourth-order valence-corrected chi connectivity index (χ4v) is 2.96. The van der Waals surface area contributed by atoms with Crippen LogP contribution in [0.25, 0.3) is 0 Å². The summed E-state index contributed by atoms with van der Waals surface area (Å²) in [5, 5.41) is 0. The molecule has 0 radical (unpaired) electrons. The molecule has 0 spiro atoms. The smallest absolute Gasteiger partial charge is 0.254 e. The van der Waals surface area contributed by atoms with E-state index in [2.05, 4.69) is 0 Å². The highest BCUT2D eigenvalue weighted by molar-refractivity contribution is 5.81. The SMILES string of the molecule is O=C(C1COCCO1)N(Cc1cccc(F)c1)CC1CCCO1. The largest absolute Gasteiger partial charge is 0.376 e. The van der Waals surface area contributed by atoms with Gasteiger partial charge < -0.3 is 19.1 Å². The summed E-state index contributed by atoms with van der Waals surface area (Å²) in [5.74, 6) is -0.422. The first-order valence-electron chi connectivity index (χ1n) is 8.06. The molecule has 0 bridgehead atoms. The molecule has 1 aromatic carbocycles. The van der Waals surface area contributed by atoms with E-state index in [1.54, 1.807) is 11.0 Å². The molecule has 6 heteroatoms. The molecule has 2 heterocycles. The molecule has 0 N–H and O–H groups in total. The first-order valence-corrected chi connectivity index (χ1v) is 8.06. The van der Waals surface area contributed by atoms with Crippen molar-refractivity contribution in [3.8, 4) is 0 Å². The van der Waals surface area contributed by atoms with Crippen LogP contribution < -0.4 is 0 Å². The molecule has 1 aromatic rings. The number of hydrogen-bond acceptors (Lipinski definition) is 4. The van der Waals surface area contributed by atoms with Crippen molar-refractivity contribution in [1.29, 1.82) is 0 Å². The Hall–Kier alpha value is -1.50. The first kappa shape index (κ1) is 16.4. The Labute approximate surface area is 135 Å². The first-order chi connectivity index (χ1) is 11.2. The second-order valence-corrected chi connectivity index (χ2v) is 5.92. The maximum absolute atomic E-state index is 13.4. The van der Waals surface area contributed by atoms with Crippen molar-refractivity contribution in [3.05, 3.63) is 35.6 Å². The number of carbonyl (C=O) groups excluding carboxylic acids is 1. The number of amides is 1. The maximum Gasteiger partial charge on any atom is 0.254 e. The van der Waals surface area contributed by atoms with E-state index >= 15 is 0 Å². The van der Waals surface area contributed by atoms with E-state index in [0.29, 0.717) is 26.3 Å². The Bertz CT molecular complexity index is 527. The lowest BCUT2D eigenvalue weighted by atomic mass is 10.1. The molecule has 2 aliphatic rings. The Kier molecular flexibility index (Phi) is 5.59. The minimum absolute atomic E-state index is 0.0389. The second-order valence-electron chi connectivity index (χ2n) is 5.92. The van der Waals surface area contributed by atoms with Crippen LogP contribution in [-0.4, -0.2) is 56.0 Å². The van der Waals surface area contributed by atoms with E-state index in [-0.39, 0.29) is 24.4 Å². The number of nitrogens with zero attached hydrogens (tertiary/aromatic N) is 1. The lowest BCUT2D eigenvalue weighted by Crippen LogP contribution is -2.47. The third-order valence-electron chi connectivity index (χ3n) is 4.11. The lowest BCUT2D eigenvalue weighted by molar-refractivity contribution is -0.160. The topological polar surface area (TPSA) is 48.0 Å². The summed E-state index contributed by atoms with van der Waals surface area (Å²) in [6.07, 6.45) is 1.40. The molecular weight excluding hydrogens is 301 g/mol. The average molecular weight is 323 g/mol. The van der Waals surface area contributed by atoms with Gasteiger partial charge in [-0.25, -0.2) is 4.39 Å². The van der Waals surface area contributed by atoms with E-state index in [0.717, 1.165) is 25.0 Å². The van der Waals surface area contributed by atoms with Gasteiger partial charge >= 0.3 is 0 Å². The van der Waals surface area contributed by atoms with Crippen molar-refractivity contribution >= 4 is 5.91 Å². The molecule has 5 nitrogen and oxygen atoms in total. The monoisotopic (exact) mass is 323 g/mol. The summed E-state index contributed by atoms with van der Waals surface area (Å²) < 4.78 is 29.9. The third kappa shape index (κ3) is 4.50. The van der Waals surface area contributed by atoms with Crippen LogP contribution in [0, 0.1) is 5.82 Å². The van der Waals surface area contributed by atoms with Gasteiger partial charge in [-0.3, -0.25) is 4.79 Å². The Morgan fingerprint density at radius 1 is 1.26 bits per heavy atom. The highest BCUT2D eigenvalue weighted by atomic mass is 19.1. The number of halogens is 1. The minimum atomic E-state index is -0.585. The van der Waals surface area contributed by atoms with Crippen LogP contribution in [0.5, 0.6) is 0 Å². The van der Waals surface area contributed by atoms with Crippen LogP contribution in [-0.2, 0) is 25.5 Å². The average Bonchev–Trinajstić information content (AvgIpc) is 3.07. The predicted octanol–water partition coefficient (Wildman–Crippen LogP) is 1.75. The van der Waals surface area contributed by atoms with Crippen LogP contribution in [0.3, 0.4) is 0 Å². The zero-order valence-electron chi connectivity index (χ0n) is 13.1. The fourth-order valence-electron chi connectivity index (χ4n) is 2.96. The van der Waals surface area contributed by atoms with E-state index < -0.39 is 6.10 Å². The summed E-state index contributed by atoms with van der Waals surface area (Å²) in [4.78, 5) is 14.4.